The summed E-state index contributed by atoms with van der Waals surface area (Å²) in [5.74, 6) is -1.16. The van der Waals surface area contributed by atoms with Crippen LogP contribution in [0.15, 0.2) is 71.7 Å². The summed E-state index contributed by atoms with van der Waals surface area (Å²) >= 11 is 6.54. The molecule has 14 heteroatoms. The van der Waals surface area contributed by atoms with E-state index in [0.29, 0.717) is 48.0 Å². The van der Waals surface area contributed by atoms with Gasteiger partial charge in [0.15, 0.2) is 0 Å². The van der Waals surface area contributed by atoms with Crippen LogP contribution < -0.4 is 15.4 Å². The molecular weight excluding hydrogens is 728 g/mol. The van der Waals surface area contributed by atoms with Gasteiger partial charge < -0.3 is 23.8 Å². The van der Waals surface area contributed by atoms with Crippen molar-refractivity contribution in [1.29, 1.82) is 0 Å². The number of unbranched alkanes of at least 4 members (excludes halogenated alkanes) is 1. The maximum Gasteiger partial charge on any atom is 0.414 e. The number of halogens is 1. The molecule has 0 fully saturated rings. The van der Waals surface area contributed by atoms with Crippen molar-refractivity contribution < 1.29 is 42.9 Å². The number of esters is 2. The van der Waals surface area contributed by atoms with E-state index in [9.17, 15) is 24.0 Å². The number of ether oxygens (including phenoxy) is 4. The maximum atomic E-state index is 13.2. The Morgan fingerprint density at radius 1 is 0.782 bits per heavy atom. The van der Waals surface area contributed by atoms with Crippen molar-refractivity contribution in [2.45, 2.75) is 98.8 Å². The number of alkyl carbamates (subject to hydrolysis) is 2. The first-order valence-electron chi connectivity index (χ1n) is 18.1. The predicted molar refractivity (Wildman–Crippen MR) is 210 cm³/mol. The van der Waals surface area contributed by atoms with Gasteiger partial charge >= 0.3 is 24.1 Å². The van der Waals surface area contributed by atoms with E-state index in [-0.39, 0.29) is 35.6 Å². The van der Waals surface area contributed by atoms with E-state index >= 15 is 0 Å². The summed E-state index contributed by atoms with van der Waals surface area (Å²) in [5.41, 5.74) is 0.868. The van der Waals surface area contributed by atoms with Crippen LogP contribution in [-0.4, -0.2) is 65.2 Å². The fraction of sp³-hybridized carbons (Fsp3) is 0.415. The molecule has 0 spiro atoms. The monoisotopic (exact) mass is 778 g/mol. The van der Waals surface area contributed by atoms with Crippen molar-refractivity contribution >= 4 is 53.3 Å². The maximum absolute atomic E-state index is 13.2. The summed E-state index contributed by atoms with van der Waals surface area (Å²) in [7, 11) is 0. The van der Waals surface area contributed by atoms with E-state index in [2.05, 4.69) is 15.6 Å². The molecule has 0 saturated heterocycles. The zero-order valence-corrected chi connectivity index (χ0v) is 33.5. The van der Waals surface area contributed by atoms with Crippen molar-refractivity contribution in [1.82, 2.24) is 15.5 Å². The van der Waals surface area contributed by atoms with Gasteiger partial charge in [-0.2, -0.15) is 0 Å². The minimum absolute atomic E-state index is 0.0776. The van der Waals surface area contributed by atoms with Crippen LogP contribution in [-0.2, 0) is 32.0 Å². The summed E-state index contributed by atoms with van der Waals surface area (Å²) in [4.78, 5) is 69.3. The quantitative estimate of drug-likeness (QED) is 0.0433. The van der Waals surface area contributed by atoms with Gasteiger partial charge in [-0.15, -0.1) is 0 Å². The first-order chi connectivity index (χ1) is 25.8. The third kappa shape index (κ3) is 15.8. The van der Waals surface area contributed by atoms with Gasteiger partial charge in [0.2, 0.25) is 11.9 Å². The third-order valence-corrected chi connectivity index (χ3v) is 7.78. The SMILES string of the molecule is CCCCOC(=O)c1cccc(CN(CC)C(=O)CCc2ccc(OC(=O)c3ccc(N=C(NC(=O)OC(C)(C)C)NC(=O)OC(C)(C)C)cc3)cc2Cl)c1. The number of amides is 3. The number of aliphatic imine (C=N–C) groups is 1. The fourth-order valence-electron chi connectivity index (χ4n) is 4.83. The molecule has 296 valence electrons. The highest BCUT2D eigenvalue weighted by atomic mass is 35.5. The second kappa shape index (κ2) is 20.3. The molecule has 3 rings (SSSR count). The highest BCUT2D eigenvalue weighted by Gasteiger charge is 2.22. The van der Waals surface area contributed by atoms with Crippen LogP contribution in [0.5, 0.6) is 5.75 Å². The summed E-state index contributed by atoms with van der Waals surface area (Å²) in [6.07, 6.45) is 0.598. The normalized spacial score (nSPS) is 11.1. The number of nitrogens with one attached hydrogen (secondary N) is 2. The highest BCUT2D eigenvalue weighted by Crippen LogP contribution is 2.25. The minimum Gasteiger partial charge on any atom is -0.462 e. The van der Waals surface area contributed by atoms with E-state index in [1.54, 1.807) is 76.8 Å². The van der Waals surface area contributed by atoms with Gasteiger partial charge in [-0.05, 0) is 121 Å². The second-order valence-corrected chi connectivity index (χ2v) is 14.9. The lowest BCUT2D eigenvalue weighted by Crippen LogP contribution is -2.47. The smallest absolute Gasteiger partial charge is 0.414 e. The lowest BCUT2D eigenvalue weighted by Gasteiger charge is -2.22. The molecular formula is C41H51ClN4O9. The Bertz CT molecular complexity index is 1820. The second-order valence-electron chi connectivity index (χ2n) is 14.5. The molecule has 0 heterocycles. The number of benzene rings is 3. The topological polar surface area (TPSA) is 162 Å². The molecule has 0 aliphatic heterocycles. The molecule has 0 aliphatic rings. The van der Waals surface area contributed by atoms with Gasteiger partial charge in [0.25, 0.3) is 0 Å². The zero-order chi connectivity index (χ0) is 40.8. The summed E-state index contributed by atoms with van der Waals surface area (Å²) in [6, 6.07) is 17.8. The molecule has 13 nitrogen and oxygen atoms in total. The van der Waals surface area contributed by atoms with E-state index in [1.807, 2.05) is 19.9 Å². The minimum atomic E-state index is -0.845. The Morgan fingerprint density at radius 3 is 1.98 bits per heavy atom. The molecule has 0 aromatic heterocycles. The number of guanidine groups is 1. The summed E-state index contributed by atoms with van der Waals surface area (Å²) in [6.45, 7) is 15.2. The average Bonchev–Trinajstić information content (AvgIpc) is 3.08. The van der Waals surface area contributed by atoms with E-state index < -0.39 is 29.4 Å². The van der Waals surface area contributed by atoms with E-state index in [0.717, 1.165) is 18.4 Å². The first kappa shape index (κ1) is 44.0. The first-order valence-corrected chi connectivity index (χ1v) is 18.5. The number of rotatable bonds is 13. The zero-order valence-electron chi connectivity index (χ0n) is 32.7. The number of aryl methyl sites for hydroxylation is 1. The third-order valence-electron chi connectivity index (χ3n) is 7.43. The molecule has 3 amide bonds. The molecule has 2 N–H and O–H groups in total. The lowest BCUT2D eigenvalue weighted by atomic mass is 10.1. The van der Waals surface area contributed by atoms with Crippen LogP contribution in [0.4, 0.5) is 15.3 Å². The van der Waals surface area contributed by atoms with Crippen LogP contribution in [0.3, 0.4) is 0 Å². The molecule has 0 unspecified atom stereocenters. The molecule has 0 bridgehead atoms. The van der Waals surface area contributed by atoms with Crippen molar-refractivity contribution in [3.8, 4) is 5.75 Å². The average molecular weight is 779 g/mol. The van der Waals surface area contributed by atoms with Gasteiger partial charge in [0, 0.05) is 24.5 Å². The predicted octanol–water partition coefficient (Wildman–Crippen LogP) is 8.53. The Morgan fingerprint density at radius 2 is 1.42 bits per heavy atom. The van der Waals surface area contributed by atoms with Crippen LogP contribution >= 0.6 is 11.6 Å². The fourth-order valence-corrected chi connectivity index (χ4v) is 5.10. The standard InChI is InChI=1S/C41H51ClN4O9/c1-9-11-23-52-35(48)30-14-12-13-27(24-30)26-46(10-2)34(47)22-18-28-17-21-32(25-33(28)42)53-36(49)29-15-19-31(20-16-29)43-37(44-38(50)54-40(3,4)5)45-39(51)55-41(6,7)8/h12-17,19-21,24-25H,9-11,18,22-23,26H2,1-8H3,(H2,43,44,45,50,51). The van der Waals surface area contributed by atoms with Crippen LogP contribution in [0.2, 0.25) is 5.02 Å². The van der Waals surface area contributed by atoms with Crippen molar-refractivity contribution in [3.05, 3.63) is 94.0 Å². The van der Waals surface area contributed by atoms with Crippen molar-refractivity contribution in [2.75, 3.05) is 13.2 Å². The molecule has 0 radical (unpaired) electrons. The Balaban J connectivity index is 1.61. The molecule has 55 heavy (non-hydrogen) atoms. The number of hydrogen-bond acceptors (Lipinski definition) is 10. The lowest BCUT2D eigenvalue weighted by molar-refractivity contribution is -0.131. The molecule has 3 aromatic rings. The van der Waals surface area contributed by atoms with Gasteiger partial charge in [-0.25, -0.2) is 24.2 Å². The van der Waals surface area contributed by atoms with Gasteiger partial charge in [0.05, 0.1) is 23.4 Å². The van der Waals surface area contributed by atoms with Gasteiger partial charge in [-0.3, -0.25) is 15.4 Å². The van der Waals surface area contributed by atoms with Crippen LogP contribution in [0.1, 0.15) is 106 Å². The number of carbonyl (C=O) groups is 5. The summed E-state index contributed by atoms with van der Waals surface area (Å²) in [5, 5.41) is 5.14. The van der Waals surface area contributed by atoms with Crippen LogP contribution in [0.25, 0.3) is 0 Å². The van der Waals surface area contributed by atoms with Crippen LogP contribution in [0, 0.1) is 0 Å². The highest BCUT2D eigenvalue weighted by molar-refractivity contribution is 6.31. The largest absolute Gasteiger partial charge is 0.462 e. The Kier molecular flexibility index (Phi) is 16.2. The number of hydrogen-bond donors (Lipinski definition) is 2. The number of carbonyl (C=O) groups excluding carboxylic acids is 5. The van der Waals surface area contributed by atoms with Crippen molar-refractivity contribution in [2.24, 2.45) is 4.99 Å². The Labute approximate surface area is 327 Å². The molecule has 3 aromatic carbocycles. The number of nitrogens with zero attached hydrogens (tertiary/aromatic N) is 2. The molecule has 0 atom stereocenters. The van der Waals surface area contributed by atoms with Gasteiger partial charge in [-0.1, -0.05) is 43.1 Å². The summed E-state index contributed by atoms with van der Waals surface area (Å²) < 4.78 is 21.4. The van der Waals surface area contributed by atoms with E-state index in [4.69, 9.17) is 30.5 Å². The Hall–Kier alpha value is -5.43. The van der Waals surface area contributed by atoms with Crippen molar-refractivity contribution in [3.63, 3.8) is 0 Å². The van der Waals surface area contributed by atoms with Gasteiger partial charge in [0.1, 0.15) is 17.0 Å². The molecule has 0 saturated carbocycles. The van der Waals surface area contributed by atoms with E-state index in [1.165, 1.54) is 30.3 Å². The molecule has 0 aliphatic carbocycles.